The van der Waals surface area contributed by atoms with Crippen molar-refractivity contribution in [3.05, 3.63) is 45.9 Å². The van der Waals surface area contributed by atoms with Gasteiger partial charge in [-0.2, -0.15) is 5.10 Å². The third-order valence-corrected chi connectivity index (χ3v) is 6.05. The van der Waals surface area contributed by atoms with Crippen LogP contribution >= 0.6 is 0 Å². The van der Waals surface area contributed by atoms with E-state index in [0.717, 1.165) is 34.2 Å². The second-order valence-electron chi connectivity index (χ2n) is 7.77. The highest BCUT2D eigenvalue weighted by molar-refractivity contribution is 6.04. The summed E-state index contributed by atoms with van der Waals surface area (Å²) < 4.78 is 1.83. The van der Waals surface area contributed by atoms with Gasteiger partial charge in [-0.25, -0.2) is 0 Å². The maximum Gasteiger partial charge on any atom is 0.262 e. The zero-order chi connectivity index (χ0) is 19.1. The molecule has 5 heteroatoms. The molecule has 5 nitrogen and oxygen atoms in total. The molecule has 0 saturated carbocycles. The van der Waals surface area contributed by atoms with Crippen molar-refractivity contribution in [2.75, 3.05) is 6.54 Å². The average Bonchev–Trinajstić information content (AvgIpc) is 3.20. The Bertz CT molecular complexity index is 1070. The lowest BCUT2D eigenvalue weighted by Gasteiger charge is -2.24. The van der Waals surface area contributed by atoms with Crippen molar-refractivity contribution in [3.8, 4) is 0 Å². The summed E-state index contributed by atoms with van der Waals surface area (Å²) in [5, 5.41) is 9.13. The summed E-state index contributed by atoms with van der Waals surface area (Å²) >= 11 is 0. The van der Waals surface area contributed by atoms with E-state index < -0.39 is 0 Å². The van der Waals surface area contributed by atoms with Crippen LogP contribution in [0.4, 0.5) is 0 Å². The molecule has 1 aromatic carbocycles. The molecule has 0 unspecified atom stereocenters. The summed E-state index contributed by atoms with van der Waals surface area (Å²) in [4.78, 5) is 15.4. The van der Waals surface area contributed by atoms with Crippen LogP contribution in [-0.4, -0.2) is 38.3 Å². The van der Waals surface area contributed by atoms with Crippen LogP contribution < -0.4 is 5.56 Å². The van der Waals surface area contributed by atoms with Crippen molar-refractivity contribution in [2.24, 2.45) is 0 Å². The first-order valence-electron chi connectivity index (χ1n) is 9.94. The second-order valence-corrected chi connectivity index (χ2v) is 7.77. The Morgan fingerprint density at radius 1 is 1.26 bits per heavy atom. The van der Waals surface area contributed by atoms with Crippen molar-refractivity contribution >= 4 is 27.9 Å². The van der Waals surface area contributed by atoms with E-state index in [-0.39, 0.29) is 5.56 Å². The molecule has 1 saturated heterocycles. The molecule has 0 radical (unpaired) electrons. The molecule has 4 rings (SSSR count). The van der Waals surface area contributed by atoms with Gasteiger partial charge in [0.15, 0.2) is 0 Å². The molecule has 142 valence electrons. The number of nitrogens with zero attached hydrogens (tertiary/aromatic N) is 3. The number of aromatic amines is 1. The smallest absolute Gasteiger partial charge is 0.262 e. The Kier molecular flexibility index (Phi) is 4.64. The minimum absolute atomic E-state index is 0.0338. The van der Waals surface area contributed by atoms with Gasteiger partial charge in [-0.15, -0.1) is 0 Å². The normalized spacial score (nSPS) is 21.2. The molecule has 2 atom stereocenters. The fourth-order valence-electron chi connectivity index (χ4n) is 4.45. The number of H-pyrrole nitrogens is 1. The Balaban J connectivity index is 1.74. The lowest BCUT2D eigenvalue weighted by Crippen LogP contribution is -2.32. The summed E-state index contributed by atoms with van der Waals surface area (Å²) in [6, 6.07) is 7.60. The molecule has 0 bridgehead atoms. The van der Waals surface area contributed by atoms with E-state index in [4.69, 9.17) is 0 Å². The van der Waals surface area contributed by atoms with Crippen LogP contribution in [0, 0.1) is 6.92 Å². The maximum atomic E-state index is 12.8. The summed E-state index contributed by atoms with van der Waals surface area (Å²) in [5.41, 5.74) is 3.73. The zero-order valence-corrected chi connectivity index (χ0v) is 16.6. The van der Waals surface area contributed by atoms with Gasteiger partial charge in [0.1, 0.15) is 5.52 Å². The van der Waals surface area contributed by atoms with E-state index >= 15 is 0 Å². The first-order chi connectivity index (χ1) is 13.0. The quantitative estimate of drug-likeness (QED) is 0.758. The highest BCUT2D eigenvalue weighted by Crippen LogP contribution is 2.25. The van der Waals surface area contributed by atoms with Crippen molar-refractivity contribution in [1.29, 1.82) is 0 Å². The number of hydrogen-bond acceptors (Lipinski definition) is 3. The summed E-state index contributed by atoms with van der Waals surface area (Å²) in [6.45, 7) is 10.2. The van der Waals surface area contributed by atoms with Gasteiger partial charge in [0.2, 0.25) is 0 Å². The first-order valence-corrected chi connectivity index (χ1v) is 9.94. The lowest BCUT2D eigenvalue weighted by molar-refractivity contribution is 0.239. The Morgan fingerprint density at radius 2 is 2.00 bits per heavy atom. The van der Waals surface area contributed by atoms with Gasteiger partial charge in [-0.05, 0) is 58.2 Å². The number of fused-ring (bicyclic) bond motifs is 3. The molecule has 1 aliphatic rings. The molecule has 27 heavy (non-hydrogen) atoms. The Labute approximate surface area is 159 Å². The molecule has 0 aliphatic carbocycles. The van der Waals surface area contributed by atoms with E-state index in [1.807, 2.05) is 24.5 Å². The molecule has 2 aromatic heterocycles. The van der Waals surface area contributed by atoms with Crippen molar-refractivity contribution in [3.63, 3.8) is 0 Å². The molecular formula is C22H28N4O. The third kappa shape index (κ3) is 3.00. The minimum atomic E-state index is 0.0338. The SMILES string of the molecule is CCn1c(=O)c2c(C)[nH]nc2c2cc(/C=C/CN3[C@H](C)CC[C@@H]3C)ccc21. The average molecular weight is 364 g/mol. The van der Waals surface area contributed by atoms with Crippen LogP contribution in [0.3, 0.4) is 0 Å². The molecule has 3 heterocycles. The molecule has 0 amide bonds. The summed E-state index contributed by atoms with van der Waals surface area (Å²) in [6.07, 6.45) is 7.01. The Hall–Kier alpha value is -2.40. The highest BCUT2D eigenvalue weighted by atomic mass is 16.1. The zero-order valence-electron chi connectivity index (χ0n) is 16.6. The minimum Gasteiger partial charge on any atom is -0.308 e. The largest absolute Gasteiger partial charge is 0.308 e. The summed E-state index contributed by atoms with van der Waals surface area (Å²) in [7, 11) is 0. The van der Waals surface area contributed by atoms with Gasteiger partial charge < -0.3 is 4.57 Å². The molecule has 3 aromatic rings. The van der Waals surface area contributed by atoms with Gasteiger partial charge in [0.25, 0.3) is 5.56 Å². The van der Waals surface area contributed by atoms with Gasteiger partial charge in [-0.3, -0.25) is 14.8 Å². The van der Waals surface area contributed by atoms with E-state index in [2.05, 4.69) is 53.2 Å². The topological polar surface area (TPSA) is 53.9 Å². The van der Waals surface area contributed by atoms with Crippen LogP contribution in [0.25, 0.3) is 27.9 Å². The van der Waals surface area contributed by atoms with Crippen LogP contribution in [0.2, 0.25) is 0 Å². The molecular weight excluding hydrogens is 336 g/mol. The highest BCUT2D eigenvalue weighted by Gasteiger charge is 2.25. The number of benzene rings is 1. The monoisotopic (exact) mass is 364 g/mol. The van der Waals surface area contributed by atoms with Gasteiger partial charge in [0, 0.05) is 36.3 Å². The number of hydrogen-bond donors (Lipinski definition) is 1. The number of aryl methyl sites for hydroxylation is 2. The van der Waals surface area contributed by atoms with Crippen LogP contribution in [0.5, 0.6) is 0 Å². The fraction of sp³-hybridized carbons (Fsp3) is 0.455. The van der Waals surface area contributed by atoms with E-state index in [9.17, 15) is 4.79 Å². The van der Waals surface area contributed by atoms with E-state index in [1.165, 1.54) is 12.8 Å². The van der Waals surface area contributed by atoms with Gasteiger partial charge >= 0.3 is 0 Å². The van der Waals surface area contributed by atoms with Crippen molar-refractivity contribution < 1.29 is 0 Å². The maximum absolute atomic E-state index is 12.8. The van der Waals surface area contributed by atoms with E-state index in [0.29, 0.717) is 24.0 Å². The molecule has 1 fully saturated rings. The lowest BCUT2D eigenvalue weighted by atomic mass is 10.1. The van der Waals surface area contributed by atoms with E-state index in [1.54, 1.807) is 0 Å². The number of nitrogens with one attached hydrogen (secondary N) is 1. The molecule has 1 N–H and O–H groups in total. The Morgan fingerprint density at radius 3 is 2.70 bits per heavy atom. The number of aromatic nitrogens is 3. The number of likely N-dealkylation sites (tertiary alicyclic amines) is 1. The van der Waals surface area contributed by atoms with Gasteiger partial charge in [0.05, 0.1) is 10.9 Å². The first kappa shape index (κ1) is 18.0. The number of pyridine rings is 1. The molecule has 0 spiro atoms. The summed E-state index contributed by atoms with van der Waals surface area (Å²) in [5.74, 6) is 0. The van der Waals surface area contributed by atoms with Gasteiger partial charge in [-0.1, -0.05) is 18.2 Å². The third-order valence-electron chi connectivity index (χ3n) is 6.05. The van der Waals surface area contributed by atoms with Crippen LogP contribution in [-0.2, 0) is 6.54 Å². The second kappa shape index (κ2) is 6.97. The number of rotatable bonds is 4. The fourth-order valence-corrected chi connectivity index (χ4v) is 4.45. The predicted octanol–water partition coefficient (Wildman–Crippen LogP) is 4.09. The predicted molar refractivity (Wildman–Crippen MR) is 112 cm³/mol. The van der Waals surface area contributed by atoms with Crippen molar-refractivity contribution in [1.82, 2.24) is 19.7 Å². The van der Waals surface area contributed by atoms with Crippen molar-refractivity contribution in [2.45, 2.75) is 59.2 Å². The van der Waals surface area contributed by atoms with Crippen LogP contribution in [0.15, 0.2) is 29.1 Å². The molecule has 1 aliphatic heterocycles. The standard InChI is InChI=1S/C22H28N4O/c1-5-25-19-11-10-17(7-6-12-26-14(2)8-9-15(26)3)13-18(19)21-20(22(25)27)16(4)23-24-21/h6-7,10-11,13-15H,5,8-9,12H2,1-4H3,(H,23,24)/b7-6+/t14-,15+. The van der Waals surface area contributed by atoms with Crippen LogP contribution in [0.1, 0.15) is 44.9 Å².